The largest absolute Gasteiger partial charge is 0.497 e. The van der Waals surface area contributed by atoms with Crippen molar-refractivity contribution in [3.8, 4) is 23.0 Å². The predicted octanol–water partition coefficient (Wildman–Crippen LogP) is 2.66. The molecule has 25 heavy (non-hydrogen) atoms. The van der Waals surface area contributed by atoms with Crippen molar-refractivity contribution < 1.29 is 23.7 Å². The number of methoxy groups -OCH3 is 2. The first kappa shape index (κ1) is 17.0. The molecule has 1 aliphatic rings. The molecule has 6 heteroatoms. The van der Waals surface area contributed by atoms with Crippen molar-refractivity contribution in [2.75, 3.05) is 27.4 Å². The van der Waals surface area contributed by atoms with Crippen molar-refractivity contribution in [3.63, 3.8) is 0 Å². The molecule has 0 unspecified atom stereocenters. The standard InChI is InChI=1S/C19H21NO5/c1-22-15-9-13(10-16(11-15)23-2)19(21)20-8-7-14-12-24-17-5-3-4-6-18(17)25-14/h3-6,9-11,14H,7-8,12H2,1-2H3,(H,20,21)/t14-/m1/s1. The Morgan fingerprint density at radius 2 is 1.80 bits per heavy atom. The second kappa shape index (κ2) is 7.79. The first-order chi connectivity index (χ1) is 12.2. The van der Waals surface area contributed by atoms with Crippen LogP contribution in [0.2, 0.25) is 0 Å². The number of carbonyl (C=O) groups is 1. The maximum absolute atomic E-state index is 12.3. The molecule has 2 aromatic carbocycles. The van der Waals surface area contributed by atoms with Gasteiger partial charge in [0.25, 0.3) is 5.91 Å². The molecular weight excluding hydrogens is 322 g/mol. The maximum Gasteiger partial charge on any atom is 0.251 e. The quantitative estimate of drug-likeness (QED) is 0.873. The summed E-state index contributed by atoms with van der Waals surface area (Å²) in [5.74, 6) is 2.46. The van der Waals surface area contributed by atoms with Crippen molar-refractivity contribution in [2.24, 2.45) is 0 Å². The molecule has 1 amide bonds. The number of para-hydroxylation sites is 2. The minimum atomic E-state index is -0.186. The van der Waals surface area contributed by atoms with Crippen LogP contribution in [0.15, 0.2) is 42.5 Å². The number of hydrogen-bond donors (Lipinski definition) is 1. The summed E-state index contributed by atoms with van der Waals surface area (Å²) in [5, 5.41) is 2.89. The van der Waals surface area contributed by atoms with Gasteiger partial charge >= 0.3 is 0 Å². The van der Waals surface area contributed by atoms with Crippen LogP contribution in [0.5, 0.6) is 23.0 Å². The zero-order chi connectivity index (χ0) is 17.6. The van der Waals surface area contributed by atoms with E-state index in [2.05, 4.69) is 5.32 Å². The minimum absolute atomic E-state index is 0.0879. The molecule has 0 fully saturated rings. The van der Waals surface area contributed by atoms with E-state index in [4.69, 9.17) is 18.9 Å². The Morgan fingerprint density at radius 3 is 2.48 bits per heavy atom. The highest BCUT2D eigenvalue weighted by molar-refractivity contribution is 5.95. The Balaban J connectivity index is 1.53. The van der Waals surface area contributed by atoms with E-state index in [0.29, 0.717) is 36.6 Å². The first-order valence-corrected chi connectivity index (χ1v) is 8.09. The third-order valence-electron chi connectivity index (χ3n) is 3.93. The van der Waals surface area contributed by atoms with Crippen LogP contribution in [0, 0.1) is 0 Å². The zero-order valence-electron chi connectivity index (χ0n) is 14.3. The molecular formula is C19H21NO5. The van der Waals surface area contributed by atoms with Crippen LogP contribution in [-0.2, 0) is 0 Å². The Morgan fingerprint density at radius 1 is 1.12 bits per heavy atom. The van der Waals surface area contributed by atoms with Crippen LogP contribution in [-0.4, -0.2) is 39.4 Å². The van der Waals surface area contributed by atoms with Gasteiger partial charge < -0.3 is 24.3 Å². The second-order valence-electron chi connectivity index (χ2n) is 5.64. The van der Waals surface area contributed by atoms with Gasteiger partial charge in [-0.3, -0.25) is 4.79 Å². The van der Waals surface area contributed by atoms with Gasteiger partial charge in [-0.15, -0.1) is 0 Å². The van der Waals surface area contributed by atoms with E-state index in [1.54, 1.807) is 32.4 Å². The smallest absolute Gasteiger partial charge is 0.251 e. The van der Waals surface area contributed by atoms with E-state index < -0.39 is 0 Å². The van der Waals surface area contributed by atoms with Crippen LogP contribution in [0.1, 0.15) is 16.8 Å². The summed E-state index contributed by atoms with van der Waals surface area (Å²) in [5.41, 5.74) is 0.488. The number of amides is 1. The molecule has 0 spiro atoms. The number of fused-ring (bicyclic) bond motifs is 1. The molecule has 2 aromatic rings. The highest BCUT2D eigenvalue weighted by atomic mass is 16.6. The molecule has 0 saturated heterocycles. The summed E-state index contributed by atoms with van der Waals surface area (Å²) < 4.78 is 21.9. The van der Waals surface area contributed by atoms with Gasteiger partial charge in [0.15, 0.2) is 11.5 Å². The van der Waals surface area contributed by atoms with Crippen LogP contribution in [0.3, 0.4) is 0 Å². The fourth-order valence-electron chi connectivity index (χ4n) is 2.59. The molecule has 3 rings (SSSR count). The van der Waals surface area contributed by atoms with Gasteiger partial charge in [0.1, 0.15) is 24.2 Å². The van der Waals surface area contributed by atoms with Gasteiger partial charge in [-0.1, -0.05) is 12.1 Å². The third kappa shape index (κ3) is 4.15. The lowest BCUT2D eigenvalue weighted by Gasteiger charge is -2.26. The Labute approximate surface area is 146 Å². The Kier molecular flexibility index (Phi) is 5.28. The van der Waals surface area contributed by atoms with E-state index in [-0.39, 0.29) is 12.0 Å². The van der Waals surface area contributed by atoms with Crippen LogP contribution in [0.4, 0.5) is 0 Å². The van der Waals surface area contributed by atoms with Gasteiger partial charge in [-0.05, 0) is 24.3 Å². The molecule has 6 nitrogen and oxygen atoms in total. The molecule has 0 radical (unpaired) electrons. The lowest BCUT2D eigenvalue weighted by Crippen LogP contribution is -2.34. The van der Waals surface area contributed by atoms with E-state index in [1.165, 1.54) is 0 Å². The van der Waals surface area contributed by atoms with E-state index in [1.807, 2.05) is 24.3 Å². The number of ether oxygens (including phenoxy) is 4. The van der Waals surface area contributed by atoms with E-state index in [0.717, 1.165) is 11.5 Å². The zero-order valence-corrected chi connectivity index (χ0v) is 14.3. The van der Waals surface area contributed by atoms with Crippen molar-refractivity contribution >= 4 is 5.91 Å². The molecule has 1 heterocycles. The monoisotopic (exact) mass is 343 g/mol. The molecule has 132 valence electrons. The SMILES string of the molecule is COc1cc(OC)cc(C(=O)NCC[C@@H]2COc3ccccc3O2)c1. The highest BCUT2D eigenvalue weighted by Gasteiger charge is 2.20. The number of hydrogen-bond acceptors (Lipinski definition) is 5. The number of carbonyl (C=O) groups excluding carboxylic acids is 1. The fraction of sp³-hybridized carbons (Fsp3) is 0.316. The topological polar surface area (TPSA) is 66.0 Å². The summed E-state index contributed by atoms with van der Waals surface area (Å²) >= 11 is 0. The third-order valence-corrected chi connectivity index (χ3v) is 3.93. The van der Waals surface area contributed by atoms with Gasteiger partial charge in [0.2, 0.25) is 0 Å². The Hall–Kier alpha value is -2.89. The van der Waals surface area contributed by atoms with Gasteiger partial charge in [0.05, 0.1) is 14.2 Å². The van der Waals surface area contributed by atoms with E-state index >= 15 is 0 Å². The summed E-state index contributed by atoms with van der Waals surface area (Å²) in [6, 6.07) is 12.6. The maximum atomic E-state index is 12.3. The molecule has 0 bridgehead atoms. The highest BCUT2D eigenvalue weighted by Crippen LogP contribution is 2.31. The lowest BCUT2D eigenvalue weighted by molar-refractivity contribution is 0.0812. The Bertz CT molecular complexity index is 724. The molecule has 0 aliphatic carbocycles. The second-order valence-corrected chi connectivity index (χ2v) is 5.64. The van der Waals surface area contributed by atoms with Crippen molar-refractivity contribution in [2.45, 2.75) is 12.5 Å². The average Bonchev–Trinajstić information content (AvgIpc) is 2.67. The fourth-order valence-corrected chi connectivity index (χ4v) is 2.59. The minimum Gasteiger partial charge on any atom is -0.497 e. The van der Waals surface area contributed by atoms with Crippen molar-refractivity contribution in [3.05, 3.63) is 48.0 Å². The van der Waals surface area contributed by atoms with Gasteiger partial charge in [-0.25, -0.2) is 0 Å². The predicted molar refractivity (Wildman–Crippen MR) is 92.8 cm³/mol. The van der Waals surface area contributed by atoms with Crippen LogP contribution in [0.25, 0.3) is 0 Å². The average molecular weight is 343 g/mol. The molecule has 1 aliphatic heterocycles. The molecule has 0 saturated carbocycles. The number of rotatable bonds is 6. The summed E-state index contributed by atoms with van der Waals surface area (Å²) in [6.07, 6.45) is 0.566. The number of nitrogens with one attached hydrogen (secondary N) is 1. The molecule has 0 aromatic heterocycles. The number of benzene rings is 2. The van der Waals surface area contributed by atoms with Crippen LogP contribution < -0.4 is 24.3 Å². The van der Waals surface area contributed by atoms with Crippen molar-refractivity contribution in [1.29, 1.82) is 0 Å². The van der Waals surface area contributed by atoms with Crippen LogP contribution >= 0.6 is 0 Å². The van der Waals surface area contributed by atoms with Crippen molar-refractivity contribution in [1.82, 2.24) is 5.32 Å². The van der Waals surface area contributed by atoms with Gasteiger partial charge in [0, 0.05) is 24.6 Å². The first-order valence-electron chi connectivity index (χ1n) is 8.09. The van der Waals surface area contributed by atoms with E-state index in [9.17, 15) is 4.79 Å². The lowest BCUT2D eigenvalue weighted by atomic mass is 10.1. The summed E-state index contributed by atoms with van der Waals surface area (Å²) in [4.78, 5) is 12.3. The van der Waals surface area contributed by atoms with Gasteiger partial charge in [-0.2, -0.15) is 0 Å². The molecule has 1 N–H and O–H groups in total. The molecule has 1 atom stereocenters. The summed E-state index contributed by atoms with van der Waals surface area (Å²) in [7, 11) is 3.10. The summed E-state index contributed by atoms with van der Waals surface area (Å²) in [6.45, 7) is 0.953. The normalized spacial score (nSPS) is 15.4.